The summed E-state index contributed by atoms with van der Waals surface area (Å²) in [5.74, 6) is 1.90. The van der Waals surface area contributed by atoms with Crippen LogP contribution in [-0.2, 0) is 6.42 Å². The zero-order valence-corrected chi connectivity index (χ0v) is 23.9. The van der Waals surface area contributed by atoms with Gasteiger partial charge in [-0.05, 0) is 42.7 Å². The highest BCUT2D eigenvalue weighted by molar-refractivity contribution is 6.19. The van der Waals surface area contributed by atoms with Crippen molar-refractivity contribution in [1.29, 1.82) is 0 Å². The van der Waals surface area contributed by atoms with Crippen molar-refractivity contribution in [1.82, 2.24) is 24.1 Å². The number of aromatic nitrogens is 5. The van der Waals surface area contributed by atoms with Gasteiger partial charge >= 0.3 is 0 Å². The first-order chi connectivity index (χ1) is 21.8. The van der Waals surface area contributed by atoms with E-state index in [9.17, 15) is 0 Å². The zero-order chi connectivity index (χ0) is 29.0. The summed E-state index contributed by atoms with van der Waals surface area (Å²) >= 11 is 0. The van der Waals surface area contributed by atoms with Crippen molar-refractivity contribution in [2.45, 2.75) is 12.8 Å². The van der Waals surface area contributed by atoms with Crippen LogP contribution < -0.4 is 0 Å². The third-order valence-corrected chi connectivity index (χ3v) is 8.65. The molecule has 0 atom stereocenters. The van der Waals surface area contributed by atoms with Crippen LogP contribution in [-0.4, -0.2) is 24.1 Å². The van der Waals surface area contributed by atoms with Crippen molar-refractivity contribution in [3.8, 4) is 34.4 Å². The summed E-state index contributed by atoms with van der Waals surface area (Å²) in [6.07, 6.45) is 6.62. The number of hydrogen-bond donors (Lipinski definition) is 0. The fourth-order valence-electron chi connectivity index (χ4n) is 6.71. The third-order valence-electron chi connectivity index (χ3n) is 8.65. The number of allylic oxidation sites excluding steroid dienone is 1. The van der Waals surface area contributed by atoms with Crippen molar-refractivity contribution in [2.75, 3.05) is 0 Å². The number of fused-ring (bicyclic) bond motifs is 7. The lowest BCUT2D eigenvalue weighted by Crippen LogP contribution is -2.07. The molecule has 0 amide bonds. The van der Waals surface area contributed by atoms with Crippen LogP contribution in [0.1, 0.15) is 17.7 Å². The molecule has 0 radical (unpaired) electrons. The van der Waals surface area contributed by atoms with E-state index in [1.165, 1.54) is 32.9 Å². The molecule has 5 aromatic carbocycles. The average molecular weight is 566 g/mol. The fourth-order valence-corrected chi connectivity index (χ4v) is 6.71. The number of hydrogen-bond acceptors (Lipinski definition) is 3. The second kappa shape index (κ2) is 9.89. The molecule has 0 unspecified atom stereocenters. The maximum absolute atomic E-state index is 5.18. The molecule has 0 spiro atoms. The molecule has 0 fully saturated rings. The summed E-state index contributed by atoms with van der Waals surface area (Å²) in [6.45, 7) is 0. The molecule has 8 aromatic rings. The summed E-state index contributed by atoms with van der Waals surface area (Å²) in [4.78, 5) is 15.3. The molecule has 0 bridgehead atoms. The first-order valence-corrected chi connectivity index (χ1v) is 15.0. The van der Waals surface area contributed by atoms with Gasteiger partial charge in [-0.3, -0.25) is 4.57 Å². The Bertz CT molecular complexity index is 2310. The Labute approximate surface area is 254 Å². The lowest BCUT2D eigenvalue weighted by Gasteiger charge is -2.14. The van der Waals surface area contributed by atoms with Crippen molar-refractivity contribution in [3.05, 3.63) is 145 Å². The van der Waals surface area contributed by atoms with Gasteiger partial charge in [-0.1, -0.05) is 115 Å². The highest BCUT2D eigenvalue weighted by atomic mass is 15.2. The molecule has 0 aliphatic heterocycles. The van der Waals surface area contributed by atoms with Crippen LogP contribution in [0.4, 0.5) is 0 Å². The van der Waals surface area contributed by atoms with Crippen LogP contribution in [0, 0.1) is 0 Å². The van der Waals surface area contributed by atoms with E-state index in [0.717, 1.165) is 40.7 Å². The summed E-state index contributed by atoms with van der Waals surface area (Å²) < 4.78 is 4.68. The predicted octanol–water partition coefficient (Wildman–Crippen LogP) is 9.21. The molecule has 1 aliphatic carbocycles. The van der Waals surface area contributed by atoms with Gasteiger partial charge in [0.2, 0.25) is 5.95 Å². The molecule has 0 saturated carbocycles. The first kappa shape index (κ1) is 24.8. The van der Waals surface area contributed by atoms with Crippen molar-refractivity contribution >= 4 is 38.8 Å². The van der Waals surface area contributed by atoms with Gasteiger partial charge in [-0.2, -0.15) is 9.97 Å². The molecule has 44 heavy (non-hydrogen) atoms. The van der Waals surface area contributed by atoms with E-state index in [-0.39, 0.29) is 0 Å². The Morgan fingerprint density at radius 3 is 1.80 bits per heavy atom. The van der Waals surface area contributed by atoms with Gasteiger partial charge in [0.05, 0.1) is 16.6 Å². The Morgan fingerprint density at radius 2 is 1.09 bits per heavy atom. The normalized spacial score (nSPS) is 12.7. The van der Waals surface area contributed by atoms with Gasteiger partial charge in [0, 0.05) is 38.7 Å². The van der Waals surface area contributed by atoms with Gasteiger partial charge in [-0.15, -0.1) is 0 Å². The smallest absolute Gasteiger partial charge is 0.238 e. The van der Waals surface area contributed by atoms with Crippen molar-refractivity contribution in [2.24, 2.45) is 0 Å². The molecule has 0 N–H and O–H groups in total. The van der Waals surface area contributed by atoms with Crippen molar-refractivity contribution < 1.29 is 0 Å². The highest BCUT2D eigenvalue weighted by Crippen LogP contribution is 2.42. The second-order valence-corrected chi connectivity index (χ2v) is 11.2. The van der Waals surface area contributed by atoms with E-state index in [2.05, 4.69) is 112 Å². The number of benzene rings is 5. The minimum Gasteiger partial charge on any atom is -0.308 e. The lowest BCUT2D eigenvalue weighted by atomic mass is 10.00. The summed E-state index contributed by atoms with van der Waals surface area (Å²) in [7, 11) is 0. The van der Waals surface area contributed by atoms with E-state index in [1.54, 1.807) is 0 Å². The van der Waals surface area contributed by atoms with Crippen LogP contribution in [0.25, 0.3) is 73.2 Å². The first-order valence-electron chi connectivity index (χ1n) is 15.0. The second-order valence-electron chi connectivity index (χ2n) is 11.2. The van der Waals surface area contributed by atoms with Gasteiger partial charge < -0.3 is 4.57 Å². The predicted molar refractivity (Wildman–Crippen MR) is 179 cm³/mol. The molecule has 1 aliphatic rings. The van der Waals surface area contributed by atoms with Gasteiger partial charge in [0.25, 0.3) is 0 Å². The van der Waals surface area contributed by atoms with Crippen LogP contribution in [0.2, 0.25) is 0 Å². The van der Waals surface area contributed by atoms with E-state index >= 15 is 0 Å². The molecule has 9 rings (SSSR count). The van der Waals surface area contributed by atoms with Gasteiger partial charge in [-0.25, -0.2) is 4.98 Å². The van der Waals surface area contributed by atoms with Crippen LogP contribution in [0.3, 0.4) is 0 Å². The molecule has 3 heterocycles. The monoisotopic (exact) mass is 565 g/mol. The van der Waals surface area contributed by atoms with Gasteiger partial charge in [0.15, 0.2) is 11.6 Å². The number of aryl methyl sites for hydroxylation is 1. The maximum atomic E-state index is 5.18. The molecule has 5 heteroatoms. The SMILES string of the molecule is C1=Cc2c(c3ccc4c5ccccc5n(-c5nc(-c6ccccc6)nc(-c6ccccc6)n5)c4c3n2-c2ccccc2)CC1. The molecule has 5 nitrogen and oxygen atoms in total. The summed E-state index contributed by atoms with van der Waals surface area (Å²) in [5.41, 5.74) is 9.00. The molecular weight excluding hydrogens is 538 g/mol. The highest BCUT2D eigenvalue weighted by Gasteiger charge is 2.25. The standard InChI is InChI=1S/C39H27N5/c1-4-14-26(15-5-1)37-40-38(27-16-6-2-7-17-27)42-39(41-37)44-34-23-13-11-21-30(34)32-25-24-31-29-20-10-12-22-33(29)43(35(31)36(32)44)28-18-8-3-9-19-28/h1-9,11-19,21-25H,10,20H2. The third kappa shape index (κ3) is 3.76. The Hall–Kier alpha value is -5.81. The maximum Gasteiger partial charge on any atom is 0.238 e. The largest absolute Gasteiger partial charge is 0.308 e. The quantitative estimate of drug-likeness (QED) is 0.214. The summed E-state index contributed by atoms with van der Waals surface area (Å²) in [5, 5.41) is 3.61. The lowest BCUT2D eigenvalue weighted by molar-refractivity contribution is 0.950. The Balaban J connectivity index is 1.46. The number of nitrogens with zero attached hydrogens (tertiary/aromatic N) is 5. The average Bonchev–Trinajstić information content (AvgIpc) is 3.62. The molecular formula is C39H27N5. The molecule has 0 saturated heterocycles. The minimum atomic E-state index is 0.603. The van der Waals surface area contributed by atoms with Crippen LogP contribution >= 0.6 is 0 Å². The summed E-state index contributed by atoms with van der Waals surface area (Å²) in [6, 6.07) is 44.2. The van der Waals surface area contributed by atoms with E-state index < -0.39 is 0 Å². The number of rotatable bonds is 4. The molecule has 208 valence electrons. The number of para-hydroxylation sites is 2. The fraction of sp³-hybridized carbons (Fsp3) is 0.0513. The van der Waals surface area contributed by atoms with Crippen molar-refractivity contribution in [3.63, 3.8) is 0 Å². The Morgan fingerprint density at radius 1 is 0.500 bits per heavy atom. The van der Waals surface area contributed by atoms with Gasteiger partial charge in [0.1, 0.15) is 0 Å². The van der Waals surface area contributed by atoms with Crippen LogP contribution in [0.15, 0.2) is 133 Å². The minimum absolute atomic E-state index is 0.603. The van der Waals surface area contributed by atoms with E-state index in [1.807, 2.05) is 36.4 Å². The van der Waals surface area contributed by atoms with E-state index in [4.69, 9.17) is 15.0 Å². The molecule has 3 aromatic heterocycles. The topological polar surface area (TPSA) is 48.5 Å². The van der Waals surface area contributed by atoms with E-state index in [0.29, 0.717) is 17.6 Å². The Kier molecular flexibility index (Phi) is 5.56. The van der Waals surface area contributed by atoms with Crippen LogP contribution in [0.5, 0.6) is 0 Å². The zero-order valence-electron chi connectivity index (χ0n) is 23.9.